The van der Waals surface area contributed by atoms with Crippen molar-refractivity contribution >= 4 is 11.8 Å². The minimum atomic E-state index is -0.0843. The molecule has 26 heavy (non-hydrogen) atoms. The predicted octanol–water partition coefficient (Wildman–Crippen LogP) is 1.63. The van der Waals surface area contributed by atoms with Crippen LogP contribution in [0.3, 0.4) is 0 Å². The van der Waals surface area contributed by atoms with Gasteiger partial charge in [0.2, 0.25) is 5.91 Å². The Morgan fingerprint density at radius 1 is 1.31 bits per heavy atom. The molecule has 0 fully saturated rings. The van der Waals surface area contributed by atoms with E-state index in [0.29, 0.717) is 38.4 Å². The number of ether oxygens (including phenoxy) is 1. The second-order valence-electron chi connectivity index (χ2n) is 6.66. The minimum absolute atomic E-state index is 0.0174. The Labute approximate surface area is 153 Å². The zero-order valence-corrected chi connectivity index (χ0v) is 15.3. The Morgan fingerprint density at radius 2 is 2.15 bits per heavy atom. The summed E-state index contributed by atoms with van der Waals surface area (Å²) in [6.07, 6.45) is 2.25. The van der Waals surface area contributed by atoms with Crippen molar-refractivity contribution in [2.75, 3.05) is 26.8 Å². The summed E-state index contributed by atoms with van der Waals surface area (Å²) in [5.41, 5.74) is 2.81. The molecule has 0 saturated heterocycles. The molecule has 0 spiro atoms. The van der Waals surface area contributed by atoms with E-state index >= 15 is 0 Å². The standard InChI is InChI=1S/C20H25N3O3/c1-15-5-3-6-16(11-15)12-19(24)21-13-17-14-22-8-4-7-18(22)20(25)23(17)9-10-26-2/h3-8,11,17H,9-10,12-14H2,1-2H3,(H,21,24). The van der Waals surface area contributed by atoms with Crippen LogP contribution in [0, 0.1) is 6.92 Å². The van der Waals surface area contributed by atoms with Crippen LogP contribution in [0.4, 0.5) is 0 Å². The normalized spacial score (nSPS) is 16.5. The van der Waals surface area contributed by atoms with Crippen molar-refractivity contribution in [1.29, 1.82) is 0 Å². The lowest BCUT2D eigenvalue weighted by atomic mass is 10.1. The molecule has 1 aliphatic heterocycles. The van der Waals surface area contributed by atoms with Crippen molar-refractivity contribution in [3.05, 3.63) is 59.4 Å². The maximum atomic E-state index is 12.7. The van der Waals surface area contributed by atoms with E-state index < -0.39 is 0 Å². The first kappa shape index (κ1) is 18.2. The Balaban J connectivity index is 1.63. The Kier molecular flexibility index (Phi) is 5.73. The van der Waals surface area contributed by atoms with E-state index in [1.807, 2.05) is 54.1 Å². The fraction of sp³-hybridized carbons (Fsp3) is 0.400. The van der Waals surface area contributed by atoms with Crippen molar-refractivity contribution < 1.29 is 14.3 Å². The molecule has 1 unspecified atom stereocenters. The van der Waals surface area contributed by atoms with E-state index in [1.54, 1.807) is 12.0 Å². The number of hydrogen-bond acceptors (Lipinski definition) is 3. The van der Waals surface area contributed by atoms with Gasteiger partial charge in [-0.1, -0.05) is 29.8 Å². The minimum Gasteiger partial charge on any atom is -0.383 e. The van der Waals surface area contributed by atoms with E-state index in [9.17, 15) is 9.59 Å². The van der Waals surface area contributed by atoms with Gasteiger partial charge in [0.25, 0.3) is 5.91 Å². The van der Waals surface area contributed by atoms with Crippen LogP contribution < -0.4 is 5.32 Å². The highest BCUT2D eigenvalue weighted by Crippen LogP contribution is 2.18. The number of benzene rings is 1. The van der Waals surface area contributed by atoms with Gasteiger partial charge in [-0.05, 0) is 24.6 Å². The van der Waals surface area contributed by atoms with Crippen LogP contribution in [-0.4, -0.2) is 54.1 Å². The van der Waals surface area contributed by atoms with Gasteiger partial charge in [-0.2, -0.15) is 0 Å². The number of hydrogen-bond donors (Lipinski definition) is 1. The molecule has 1 aromatic carbocycles. The highest BCUT2D eigenvalue weighted by molar-refractivity contribution is 5.93. The van der Waals surface area contributed by atoms with Gasteiger partial charge in [-0.25, -0.2) is 0 Å². The number of nitrogens with zero attached hydrogens (tertiary/aromatic N) is 2. The molecule has 1 N–H and O–H groups in total. The van der Waals surface area contributed by atoms with Crippen LogP contribution >= 0.6 is 0 Å². The predicted molar refractivity (Wildman–Crippen MR) is 99.0 cm³/mol. The number of aryl methyl sites for hydroxylation is 1. The molecule has 0 aliphatic carbocycles. The summed E-state index contributed by atoms with van der Waals surface area (Å²) in [5.74, 6) is -0.0516. The van der Waals surface area contributed by atoms with Gasteiger partial charge < -0.3 is 19.5 Å². The van der Waals surface area contributed by atoms with Crippen LogP contribution in [-0.2, 0) is 22.5 Å². The van der Waals surface area contributed by atoms with Crippen LogP contribution in [0.15, 0.2) is 42.6 Å². The second kappa shape index (κ2) is 8.19. The smallest absolute Gasteiger partial charge is 0.270 e. The molecule has 1 aliphatic rings. The Hall–Kier alpha value is -2.60. The molecular weight excluding hydrogens is 330 g/mol. The molecule has 2 heterocycles. The van der Waals surface area contributed by atoms with Crippen molar-refractivity contribution in [2.45, 2.75) is 25.9 Å². The monoisotopic (exact) mass is 355 g/mol. The van der Waals surface area contributed by atoms with Gasteiger partial charge in [0.05, 0.1) is 19.1 Å². The molecule has 6 nitrogen and oxygen atoms in total. The van der Waals surface area contributed by atoms with Crippen LogP contribution in [0.5, 0.6) is 0 Å². The maximum Gasteiger partial charge on any atom is 0.270 e. The molecule has 3 rings (SSSR count). The number of amides is 2. The highest BCUT2D eigenvalue weighted by Gasteiger charge is 2.31. The largest absolute Gasteiger partial charge is 0.383 e. The number of carbonyl (C=O) groups is 2. The van der Waals surface area contributed by atoms with Gasteiger partial charge >= 0.3 is 0 Å². The SMILES string of the molecule is COCCN1C(=O)c2cccn2CC1CNC(=O)Cc1cccc(C)c1. The van der Waals surface area contributed by atoms with Crippen molar-refractivity contribution in [3.63, 3.8) is 0 Å². The first-order valence-corrected chi connectivity index (χ1v) is 8.86. The summed E-state index contributed by atoms with van der Waals surface area (Å²) in [6.45, 7) is 4.09. The quantitative estimate of drug-likeness (QED) is 0.821. The fourth-order valence-electron chi connectivity index (χ4n) is 3.36. The molecule has 2 aromatic rings. The molecular formula is C20H25N3O3. The second-order valence-corrected chi connectivity index (χ2v) is 6.66. The van der Waals surface area contributed by atoms with Crippen LogP contribution in [0.1, 0.15) is 21.6 Å². The number of carbonyl (C=O) groups excluding carboxylic acids is 2. The third-order valence-electron chi connectivity index (χ3n) is 4.68. The number of aromatic nitrogens is 1. The third kappa shape index (κ3) is 4.14. The maximum absolute atomic E-state index is 12.7. The number of nitrogens with one attached hydrogen (secondary N) is 1. The Morgan fingerprint density at radius 3 is 2.92 bits per heavy atom. The van der Waals surface area contributed by atoms with Gasteiger partial charge in [-0.3, -0.25) is 9.59 Å². The van der Waals surface area contributed by atoms with Gasteiger partial charge in [0.15, 0.2) is 0 Å². The summed E-state index contributed by atoms with van der Waals surface area (Å²) in [4.78, 5) is 26.8. The summed E-state index contributed by atoms with van der Waals surface area (Å²) >= 11 is 0. The molecule has 0 saturated carbocycles. The summed E-state index contributed by atoms with van der Waals surface area (Å²) in [5, 5.41) is 2.98. The summed E-state index contributed by atoms with van der Waals surface area (Å²) in [6, 6.07) is 11.6. The first-order valence-electron chi connectivity index (χ1n) is 8.86. The Bertz CT molecular complexity index is 784. The lowest BCUT2D eigenvalue weighted by Gasteiger charge is -2.36. The van der Waals surface area contributed by atoms with Crippen molar-refractivity contribution in [3.8, 4) is 0 Å². The molecule has 1 aromatic heterocycles. The van der Waals surface area contributed by atoms with E-state index in [2.05, 4.69) is 5.32 Å². The van der Waals surface area contributed by atoms with Gasteiger partial charge in [0.1, 0.15) is 5.69 Å². The van der Waals surface area contributed by atoms with Crippen molar-refractivity contribution in [1.82, 2.24) is 14.8 Å². The summed E-state index contributed by atoms with van der Waals surface area (Å²) in [7, 11) is 1.62. The molecule has 0 radical (unpaired) electrons. The molecule has 6 heteroatoms. The number of rotatable bonds is 7. The molecule has 1 atom stereocenters. The zero-order chi connectivity index (χ0) is 18.5. The van der Waals surface area contributed by atoms with E-state index in [1.165, 1.54) is 0 Å². The first-order chi connectivity index (χ1) is 12.6. The lowest BCUT2D eigenvalue weighted by molar-refractivity contribution is -0.120. The average Bonchev–Trinajstić information content (AvgIpc) is 3.08. The summed E-state index contributed by atoms with van der Waals surface area (Å²) < 4.78 is 7.09. The highest BCUT2D eigenvalue weighted by atomic mass is 16.5. The molecule has 2 amide bonds. The van der Waals surface area contributed by atoms with Gasteiger partial charge in [-0.15, -0.1) is 0 Å². The zero-order valence-electron chi connectivity index (χ0n) is 15.3. The molecule has 138 valence electrons. The van der Waals surface area contributed by atoms with Crippen LogP contribution in [0.25, 0.3) is 0 Å². The van der Waals surface area contributed by atoms with E-state index in [4.69, 9.17) is 4.74 Å². The van der Waals surface area contributed by atoms with Gasteiger partial charge in [0, 0.05) is 32.9 Å². The van der Waals surface area contributed by atoms with Crippen molar-refractivity contribution in [2.24, 2.45) is 0 Å². The third-order valence-corrected chi connectivity index (χ3v) is 4.68. The number of methoxy groups -OCH3 is 1. The average molecular weight is 355 g/mol. The molecule has 0 bridgehead atoms. The number of fused-ring (bicyclic) bond motifs is 1. The lowest BCUT2D eigenvalue weighted by Crippen LogP contribution is -2.53. The van der Waals surface area contributed by atoms with Crippen LogP contribution in [0.2, 0.25) is 0 Å². The topological polar surface area (TPSA) is 63.6 Å². The fourth-order valence-corrected chi connectivity index (χ4v) is 3.36. The van der Waals surface area contributed by atoms with E-state index in [-0.39, 0.29) is 17.9 Å². The van der Waals surface area contributed by atoms with E-state index in [0.717, 1.165) is 11.1 Å².